The van der Waals surface area contributed by atoms with E-state index in [2.05, 4.69) is 54.1 Å². The van der Waals surface area contributed by atoms with Gasteiger partial charge in [0.15, 0.2) is 31.5 Å². The Labute approximate surface area is 269 Å². The highest BCUT2D eigenvalue weighted by atomic mass is 28.4. The van der Waals surface area contributed by atoms with Crippen LogP contribution in [-0.2, 0) is 47.2 Å². The van der Waals surface area contributed by atoms with Crippen molar-refractivity contribution in [2.24, 2.45) is 5.92 Å². The van der Waals surface area contributed by atoms with Crippen LogP contribution in [0.1, 0.15) is 54.7 Å². The topological polar surface area (TPSA) is 192 Å². The number of anilines is 1. The molecule has 17 heteroatoms. The summed E-state index contributed by atoms with van der Waals surface area (Å²) in [6.45, 7) is 14.4. The van der Waals surface area contributed by atoms with Gasteiger partial charge in [0.05, 0.1) is 26.1 Å². The Kier molecular flexibility index (Phi) is 13.1. The Morgan fingerprint density at radius 1 is 1.00 bits per heavy atom. The van der Waals surface area contributed by atoms with Gasteiger partial charge in [-0.3, -0.25) is 19.0 Å². The normalized spacial score (nSPS) is 20.4. The molecule has 2 aromatic heterocycles. The molecule has 0 bridgehead atoms. The Hall–Kier alpha value is -3.06. The number of hydrogen-bond donors (Lipinski definition) is 2. The van der Waals surface area contributed by atoms with Crippen molar-refractivity contribution in [3.63, 3.8) is 0 Å². The van der Waals surface area contributed by atoms with Gasteiger partial charge in [-0.25, -0.2) is 15.0 Å². The van der Waals surface area contributed by atoms with Crippen LogP contribution in [-0.4, -0.2) is 109 Å². The van der Waals surface area contributed by atoms with Crippen molar-refractivity contribution in [3.05, 3.63) is 12.7 Å². The monoisotopic (exact) mass is 669 g/mol. The van der Waals surface area contributed by atoms with E-state index in [4.69, 9.17) is 32.8 Å². The van der Waals surface area contributed by atoms with Crippen LogP contribution in [0.25, 0.3) is 11.2 Å². The van der Waals surface area contributed by atoms with Gasteiger partial charge in [0.25, 0.3) is 6.48 Å². The Bertz CT molecular complexity index is 1310. The predicted molar refractivity (Wildman–Crippen MR) is 166 cm³/mol. The van der Waals surface area contributed by atoms with Crippen molar-refractivity contribution in [1.29, 1.82) is 0 Å². The van der Waals surface area contributed by atoms with Crippen molar-refractivity contribution in [1.82, 2.24) is 19.5 Å². The lowest BCUT2D eigenvalue weighted by Crippen LogP contribution is -2.51. The molecule has 1 unspecified atom stereocenters. The lowest BCUT2D eigenvalue weighted by molar-refractivity contribution is -0.320. The molecule has 3 rings (SSSR count). The first-order valence-corrected chi connectivity index (χ1v) is 18.0. The van der Waals surface area contributed by atoms with Crippen LogP contribution in [0, 0.1) is 5.92 Å². The fourth-order valence-electron chi connectivity index (χ4n) is 4.19. The average Bonchev–Trinajstić information content (AvgIpc) is 3.53. The molecule has 258 valence electrons. The Balaban J connectivity index is 2.02. The third-order valence-electron chi connectivity index (χ3n) is 7.65. The average molecular weight is 670 g/mol. The third kappa shape index (κ3) is 9.73. The van der Waals surface area contributed by atoms with Gasteiger partial charge in [-0.05, 0) is 18.1 Å². The van der Waals surface area contributed by atoms with E-state index in [9.17, 15) is 19.5 Å². The molecule has 0 radical (unpaired) electrons. The summed E-state index contributed by atoms with van der Waals surface area (Å²) >= 11 is 0. The van der Waals surface area contributed by atoms with Crippen molar-refractivity contribution < 1.29 is 52.3 Å². The zero-order valence-corrected chi connectivity index (χ0v) is 29.0. The van der Waals surface area contributed by atoms with Crippen molar-refractivity contribution >= 4 is 43.1 Å². The van der Waals surface area contributed by atoms with E-state index < -0.39 is 57.9 Å². The van der Waals surface area contributed by atoms with Crippen LogP contribution in [0.4, 0.5) is 5.82 Å². The summed E-state index contributed by atoms with van der Waals surface area (Å²) in [7, 11) is -2.48. The largest absolute Gasteiger partial charge is 0.463 e. The molecule has 4 atom stereocenters. The van der Waals surface area contributed by atoms with E-state index in [1.807, 2.05) is 0 Å². The van der Waals surface area contributed by atoms with E-state index in [1.54, 1.807) is 18.4 Å². The summed E-state index contributed by atoms with van der Waals surface area (Å²) in [5.74, 6) is -1.26. The minimum absolute atomic E-state index is 0.0653. The molecule has 3 heterocycles. The first-order chi connectivity index (χ1) is 21.6. The number of esters is 2. The molecule has 1 aliphatic rings. The predicted octanol–water partition coefficient (Wildman–Crippen LogP) is 2.53. The number of ether oxygens (including phenoxy) is 6. The number of carbonyl (C=O) groups excluding carboxylic acids is 3. The molecule has 1 amide bonds. The van der Waals surface area contributed by atoms with Gasteiger partial charge >= 0.3 is 11.9 Å². The summed E-state index contributed by atoms with van der Waals surface area (Å²) in [5.41, 5.74) is 0.653. The van der Waals surface area contributed by atoms with E-state index in [0.717, 1.165) is 0 Å². The molecule has 1 fully saturated rings. The van der Waals surface area contributed by atoms with E-state index in [1.165, 1.54) is 26.5 Å². The van der Waals surface area contributed by atoms with Crippen LogP contribution in [0.15, 0.2) is 12.7 Å². The molecular formula is C29H47N5O11Si. The van der Waals surface area contributed by atoms with Gasteiger partial charge in [0.2, 0.25) is 5.91 Å². The fourth-order valence-corrected chi connectivity index (χ4v) is 5.51. The first-order valence-electron chi connectivity index (χ1n) is 15.1. The van der Waals surface area contributed by atoms with Gasteiger partial charge in [-0.2, -0.15) is 0 Å². The molecule has 16 nitrogen and oxygen atoms in total. The highest BCUT2D eigenvalue weighted by Gasteiger charge is 2.52. The second kappa shape index (κ2) is 16.2. The summed E-state index contributed by atoms with van der Waals surface area (Å²) in [6.07, 6.45) is -0.768. The van der Waals surface area contributed by atoms with Crippen molar-refractivity contribution in [2.75, 3.05) is 38.4 Å². The van der Waals surface area contributed by atoms with E-state index in [0.29, 0.717) is 11.2 Å². The zero-order chi connectivity index (χ0) is 34.2. The zero-order valence-electron chi connectivity index (χ0n) is 28.0. The number of aliphatic hydroxyl groups is 1. The molecule has 0 spiro atoms. The second-order valence-electron chi connectivity index (χ2n) is 12.6. The van der Waals surface area contributed by atoms with Crippen LogP contribution in [0.2, 0.25) is 18.1 Å². The number of aliphatic hydroxyl groups excluding tert-OH is 1. The Morgan fingerprint density at radius 2 is 1.61 bits per heavy atom. The highest BCUT2D eigenvalue weighted by molar-refractivity contribution is 6.74. The number of carbonyl (C=O) groups is 3. The number of nitrogens with zero attached hydrogens (tertiary/aromatic N) is 4. The highest BCUT2D eigenvalue weighted by Crippen LogP contribution is 2.43. The summed E-state index contributed by atoms with van der Waals surface area (Å²) in [4.78, 5) is 48.1. The molecular weight excluding hydrogens is 622 g/mol. The standard InChI is InChI=1S/C29H47N5O11Si/c1-17(2)26(38)33-24-21-25(31-15-30-24)34(16-32-21)27-23(22(20(14-35)43-27)45-46(8,9)29(5,6)7)44-28(41-12-10-39-18(3)36)42-13-11-40-19(4)37/h15-17,20,22-23,27-28,35H,10-14H2,1-9H3,(H,30,31,33,38)/t20-,22+,23?,27-/m1/s1. The number of fused-ring (bicyclic) bond motifs is 1. The maximum atomic E-state index is 12.4. The quantitative estimate of drug-likeness (QED) is 0.115. The van der Waals surface area contributed by atoms with Crippen LogP contribution in [0.3, 0.4) is 0 Å². The molecule has 1 saturated heterocycles. The number of nitrogens with one attached hydrogen (secondary N) is 1. The van der Waals surface area contributed by atoms with Crippen LogP contribution >= 0.6 is 0 Å². The molecule has 0 aromatic carbocycles. The van der Waals surface area contributed by atoms with Crippen molar-refractivity contribution in [2.45, 2.75) is 97.6 Å². The third-order valence-corrected chi connectivity index (χ3v) is 12.1. The first kappa shape index (κ1) is 37.4. The maximum absolute atomic E-state index is 12.4. The second-order valence-corrected chi connectivity index (χ2v) is 17.3. The van der Waals surface area contributed by atoms with Crippen molar-refractivity contribution in [3.8, 4) is 0 Å². The number of rotatable bonds is 16. The molecule has 2 N–H and O–H groups in total. The van der Waals surface area contributed by atoms with E-state index in [-0.39, 0.29) is 49.1 Å². The smallest absolute Gasteiger partial charge is 0.302 e. The maximum Gasteiger partial charge on any atom is 0.302 e. The van der Waals surface area contributed by atoms with Gasteiger partial charge in [0.1, 0.15) is 37.9 Å². The summed E-state index contributed by atoms with van der Waals surface area (Å²) < 4.78 is 42.7. The van der Waals surface area contributed by atoms with Crippen LogP contribution < -0.4 is 5.32 Å². The summed E-state index contributed by atoms with van der Waals surface area (Å²) in [5, 5.41) is 13.0. The number of amides is 1. The lowest BCUT2D eigenvalue weighted by Gasteiger charge is -2.40. The SMILES string of the molecule is CC(=O)OCCOC(OCCOC(C)=O)OC1[C@@H](O[Si](C)(C)C(C)(C)C)[C@@H](CO)O[C@H]1n1cnc2c(NC(=O)C(C)C)ncnc21. The molecule has 1 aliphatic heterocycles. The minimum Gasteiger partial charge on any atom is -0.463 e. The molecule has 0 saturated carbocycles. The van der Waals surface area contributed by atoms with Gasteiger partial charge in [-0.15, -0.1) is 0 Å². The minimum atomic E-state index is -2.48. The van der Waals surface area contributed by atoms with Gasteiger partial charge in [-0.1, -0.05) is 34.6 Å². The van der Waals surface area contributed by atoms with E-state index >= 15 is 0 Å². The van der Waals surface area contributed by atoms with Gasteiger partial charge < -0.3 is 43.3 Å². The number of aromatic nitrogens is 4. The molecule has 2 aromatic rings. The molecule has 0 aliphatic carbocycles. The van der Waals surface area contributed by atoms with Gasteiger partial charge in [0, 0.05) is 19.8 Å². The Morgan fingerprint density at radius 3 is 2.13 bits per heavy atom. The number of imidazole rings is 1. The lowest BCUT2D eigenvalue weighted by atomic mass is 10.1. The van der Waals surface area contributed by atoms with Crippen LogP contribution in [0.5, 0.6) is 0 Å². The fraction of sp³-hybridized carbons (Fsp3) is 0.724. The molecule has 46 heavy (non-hydrogen) atoms. The number of hydrogen-bond acceptors (Lipinski definition) is 14. The summed E-state index contributed by atoms with van der Waals surface area (Å²) in [6, 6.07) is 0.